The highest BCUT2D eigenvalue weighted by molar-refractivity contribution is 7.88. The standard InChI is InChI=1S/C21H33N3O4S/c1-15(2)14-19(22-20(25)18-9-7-6-8-16(18)3)21(26)24-12-10-17(11-13-24)23(4)29(5,27)28/h6-9,15,17,19H,10-14H2,1-5H3,(H,22,25). The number of nitrogens with zero attached hydrogens (tertiary/aromatic N) is 2. The minimum absolute atomic E-state index is 0.0962. The van der Waals surface area contributed by atoms with E-state index in [0.29, 0.717) is 37.9 Å². The number of sulfonamides is 1. The smallest absolute Gasteiger partial charge is 0.252 e. The number of hydrogen-bond donors (Lipinski definition) is 1. The number of rotatable bonds is 7. The molecule has 29 heavy (non-hydrogen) atoms. The van der Waals surface area contributed by atoms with Gasteiger partial charge in [-0.1, -0.05) is 32.0 Å². The Bertz CT molecular complexity index is 830. The zero-order valence-electron chi connectivity index (χ0n) is 18.0. The average Bonchev–Trinajstić information content (AvgIpc) is 2.65. The molecule has 1 aliphatic rings. The van der Waals surface area contributed by atoms with Crippen LogP contribution in [0.5, 0.6) is 0 Å². The number of hydrogen-bond acceptors (Lipinski definition) is 4. The molecule has 1 atom stereocenters. The molecular formula is C21H33N3O4S. The zero-order valence-corrected chi connectivity index (χ0v) is 18.8. The maximum Gasteiger partial charge on any atom is 0.252 e. The lowest BCUT2D eigenvalue weighted by atomic mass is 9.99. The van der Waals surface area contributed by atoms with Gasteiger partial charge in [0.2, 0.25) is 15.9 Å². The summed E-state index contributed by atoms with van der Waals surface area (Å²) < 4.78 is 24.9. The SMILES string of the molecule is Cc1ccccc1C(=O)NC(CC(C)C)C(=O)N1CCC(N(C)S(C)(=O)=O)CC1. The molecule has 8 heteroatoms. The molecule has 1 aromatic carbocycles. The molecule has 1 aliphatic heterocycles. The third-order valence-corrected chi connectivity index (χ3v) is 6.86. The van der Waals surface area contributed by atoms with E-state index >= 15 is 0 Å². The van der Waals surface area contributed by atoms with E-state index in [2.05, 4.69) is 5.32 Å². The highest BCUT2D eigenvalue weighted by atomic mass is 32.2. The highest BCUT2D eigenvalue weighted by Gasteiger charge is 2.32. The van der Waals surface area contributed by atoms with E-state index in [-0.39, 0.29) is 23.8 Å². The zero-order chi connectivity index (χ0) is 21.8. The van der Waals surface area contributed by atoms with Gasteiger partial charge in [-0.15, -0.1) is 0 Å². The largest absolute Gasteiger partial charge is 0.341 e. The van der Waals surface area contributed by atoms with Gasteiger partial charge in [0.15, 0.2) is 0 Å². The Balaban J connectivity index is 2.06. The molecule has 2 rings (SSSR count). The Morgan fingerprint density at radius 2 is 1.79 bits per heavy atom. The lowest BCUT2D eigenvalue weighted by Crippen LogP contribution is -2.53. The van der Waals surface area contributed by atoms with Crippen molar-refractivity contribution in [1.29, 1.82) is 0 Å². The first kappa shape index (κ1) is 23.3. The molecular weight excluding hydrogens is 390 g/mol. The molecule has 1 heterocycles. The Hall–Kier alpha value is -1.93. The first-order valence-electron chi connectivity index (χ1n) is 10.1. The molecule has 1 saturated heterocycles. The van der Waals surface area contributed by atoms with Crippen LogP contribution < -0.4 is 5.32 Å². The molecule has 7 nitrogen and oxygen atoms in total. The molecule has 0 aliphatic carbocycles. The number of amides is 2. The molecule has 1 fully saturated rings. The van der Waals surface area contributed by atoms with E-state index < -0.39 is 16.1 Å². The summed E-state index contributed by atoms with van der Waals surface area (Å²) in [6.07, 6.45) is 2.94. The van der Waals surface area contributed by atoms with Crippen LogP contribution in [0.2, 0.25) is 0 Å². The van der Waals surface area contributed by atoms with Crippen molar-refractivity contribution in [2.45, 2.75) is 52.1 Å². The van der Waals surface area contributed by atoms with Gasteiger partial charge in [0, 0.05) is 31.7 Å². The third kappa shape index (κ3) is 6.27. The minimum Gasteiger partial charge on any atom is -0.341 e. The lowest BCUT2D eigenvalue weighted by molar-refractivity contribution is -0.135. The van der Waals surface area contributed by atoms with Crippen molar-refractivity contribution >= 4 is 21.8 Å². The molecule has 0 bridgehead atoms. The first-order chi connectivity index (χ1) is 13.5. The molecule has 1 aromatic rings. The van der Waals surface area contributed by atoms with Crippen LogP contribution in [0.1, 0.15) is 49.0 Å². The number of nitrogens with one attached hydrogen (secondary N) is 1. The van der Waals surface area contributed by atoms with Crippen LogP contribution in [0.3, 0.4) is 0 Å². The number of carbonyl (C=O) groups excluding carboxylic acids is 2. The predicted octanol–water partition coefficient (Wildman–Crippen LogP) is 2.02. The van der Waals surface area contributed by atoms with Crippen LogP contribution in [0.25, 0.3) is 0 Å². The van der Waals surface area contributed by atoms with Crippen LogP contribution in [0.15, 0.2) is 24.3 Å². The van der Waals surface area contributed by atoms with Crippen molar-refractivity contribution in [3.05, 3.63) is 35.4 Å². The average molecular weight is 424 g/mol. The minimum atomic E-state index is -3.25. The van der Waals surface area contributed by atoms with Crippen molar-refractivity contribution in [3.63, 3.8) is 0 Å². The summed E-state index contributed by atoms with van der Waals surface area (Å²) in [4.78, 5) is 27.6. The van der Waals surface area contributed by atoms with Gasteiger partial charge in [-0.3, -0.25) is 9.59 Å². The van der Waals surface area contributed by atoms with E-state index in [0.717, 1.165) is 5.56 Å². The maximum atomic E-state index is 13.1. The van der Waals surface area contributed by atoms with Crippen LogP contribution in [0.4, 0.5) is 0 Å². The Kier molecular flexibility index (Phi) is 7.82. The van der Waals surface area contributed by atoms with Crippen LogP contribution in [-0.4, -0.2) is 67.9 Å². The Morgan fingerprint density at radius 3 is 2.31 bits per heavy atom. The van der Waals surface area contributed by atoms with E-state index in [4.69, 9.17) is 0 Å². The van der Waals surface area contributed by atoms with Crippen molar-refractivity contribution in [3.8, 4) is 0 Å². The van der Waals surface area contributed by atoms with Gasteiger partial charge < -0.3 is 10.2 Å². The van der Waals surface area contributed by atoms with E-state index in [1.807, 2.05) is 39.0 Å². The first-order valence-corrected chi connectivity index (χ1v) is 11.9. The molecule has 0 saturated carbocycles. The molecule has 0 spiro atoms. The summed E-state index contributed by atoms with van der Waals surface area (Å²) in [5, 5.41) is 2.92. The number of benzene rings is 1. The molecule has 0 radical (unpaired) electrons. The number of aryl methyl sites for hydroxylation is 1. The summed E-state index contributed by atoms with van der Waals surface area (Å²) in [7, 11) is -1.67. The predicted molar refractivity (Wildman–Crippen MR) is 114 cm³/mol. The van der Waals surface area contributed by atoms with Gasteiger partial charge in [-0.05, 0) is 43.7 Å². The van der Waals surface area contributed by atoms with Gasteiger partial charge >= 0.3 is 0 Å². The summed E-state index contributed by atoms with van der Waals surface area (Å²) in [6, 6.07) is 6.63. The highest BCUT2D eigenvalue weighted by Crippen LogP contribution is 2.20. The number of piperidine rings is 1. The molecule has 0 aromatic heterocycles. The quantitative estimate of drug-likeness (QED) is 0.727. The number of carbonyl (C=O) groups is 2. The normalized spacial score (nSPS) is 16.9. The second-order valence-electron chi connectivity index (χ2n) is 8.31. The van der Waals surface area contributed by atoms with Gasteiger partial charge in [-0.25, -0.2) is 12.7 Å². The van der Waals surface area contributed by atoms with Gasteiger partial charge in [0.05, 0.1) is 6.26 Å². The van der Waals surface area contributed by atoms with E-state index in [9.17, 15) is 18.0 Å². The molecule has 1 unspecified atom stereocenters. The number of likely N-dealkylation sites (tertiary alicyclic amines) is 1. The topological polar surface area (TPSA) is 86.8 Å². The second-order valence-corrected chi connectivity index (χ2v) is 10.3. The molecule has 1 N–H and O–H groups in total. The van der Waals surface area contributed by atoms with Crippen LogP contribution >= 0.6 is 0 Å². The fourth-order valence-electron chi connectivity index (χ4n) is 3.70. The summed E-state index contributed by atoms with van der Waals surface area (Å²) in [5.74, 6) is -0.0927. The lowest BCUT2D eigenvalue weighted by Gasteiger charge is -2.37. The Morgan fingerprint density at radius 1 is 1.21 bits per heavy atom. The van der Waals surface area contributed by atoms with Crippen molar-refractivity contribution in [1.82, 2.24) is 14.5 Å². The summed E-state index contributed by atoms with van der Waals surface area (Å²) in [6.45, 7) is 6.88. The fourth-order valence-corrected chi connectivity index (χ4v) is 4.45. The van der Waals surface area contributed by atoms with Crippen LogP contribution in [-0.2, 0) is 14.8 Å². The van der Waals surface area contributed by atoms with Gasteiger partial charge in [0.1, 0.15) is 6.04 Å². The summed E-state index contributed by atoms with van der Waals surface area (Å²) >= 11 is 0. The van der Waals surface area contributed by atoms with Crippen molar-refractivity contribution < 1.29 is 18.0 Å². The van der Waals surface area contributed by atoms with Crippen molar-refractivity contribution in [2.24, 2.45) is 5.92 Å². The Labute approximate surface area is 174 Å². The second kappa shape index (κ2) is 9.71. The fraction of sp³-hybridized carbons (Fsp3) is 0.619. The van der Waals surface area contributed by atoms with E-state index in [1.165, 1.54) is 10.6 Å². The van der Waals surface area contributed by atoms with Gasteiger partial charge in [-0.2, -0.15) is 0 Å². The van der Waals surface area contributed by atoms with Gasteiger partial charge in [0.25, 0.3) is 5.91 Å². The molecule has 2 amide bonds. The van der Waals surface area contributed by atoms with E-state index in [1.54, 1.807) is 18.0 Å². The molecule has 162 valence electrons. The summed E-state index contributed by atoms with van der Waals surface area (Å²) in [5.41, 5.74) is 1.44. The van der Waals surface area contributed by atoms with Crippen LogP contribution in [0, 0.1) is 12.8 Å². The van der Waals surface area contributed by atoms with Crippen molar-refractivity contribution in [2.75, 3.05) is 26.4 Å². The maximum absolute atomic E-state index is 13.1. The monoisotopic (exact) mass is 423 g/mol. The third-order valence-electron chi connectivity index (χ3n) is 5.51.